The molecule has 0 bridgehead atoms. The lowest BCUT2D eigenvalue weighted by atomic mass is 10.2. The van der Waals surface area contributed by atoms with Crippen molar-refractivity contribution in [3.8, 4) is 0 Å². The summed E-state index contributed by atoms with van der Waals surface area (Å²) in [5, 5.41) is 8.54. The second-order valence-corrected chi connectivity index (χ2v) is 6.29. The zero-order valence-electron chi connectivity index (χ0n) is 16.7. The van der Waals surface area contributed by atoms with Crippen LogP contribution in [0.15, 0.2) is 64.8 Å². The predicted octanol–water partition coefficient (Wildman–Crippen LogP) is 6.11. The molecule has 27 heavy (non-hydrogen) atoms. The first-order chi connectivity index (χ1) is 13.2. The molecular weight excluding hydrogens is 338 g/mol. The van der Waals surface area contributed by atoms with Gasteiger partial charge in [0.05, 0.1) is 18.0 Å². The lowest BCUT2D eigenvalue weighted by molar-refractivity contribution is -0.128. The minimum Gasteiger partial charge on any atom is -0.369 e. The number of azo groups is 1. The molecule has 0 saturated heterocycles. The highest BCUT2D eigenvalue weighted by Crippen LogP contribution is 2.22. The summed E-state index contributed by atoms with van der Waals surface area (Å²) in [6.45, 7) is 9.39. The third-order valence-corrected chi connectivity index (χ3v) is 4.20. The number of benzene rings is 2. The summed E-state index contributed by atoms with van der Waals surface area (Å²) >= 11 is 0. The van der Waals surface area contributed by atoms with Crippen LogP contribution in [0, 0.1) is 0 Å². The van der Waals surface area contributed by atoms with Crippen molar-refractivity contribution in [3.63, 3.8) is 0 Å². The number of hydrogen-bond donors (Lipinski definition) is 0. The largest absolute Gasteiger partial charge is 0.369 e. The number of unbranched alkanes of at least 4 members (excludes halogenated alkanes) is 1. The molecular formula is C22H31N3O2. The lowest BCUT2D eigenvalue weighted by Gasteiger charge is -2.24. The van der Waals surface area contributed by atoms with Crippen LogP contribution < -0.4 is 4.90 Å². The second-order valence-electron chi connectivity index (χ2n) is 6.29. The Labute approximate surface area is 163 Å². The Balaban J connectivity index is 1.81. The van der Waals surface area contributed by atoms with Gasteiger partial charge in [-0.1, -0.05) is 31.5 Å². The summed E-state index contributed by atoms with van der Waals surface area (Å²) in [5.74, 6) is 0. The second kappa shape index (κ2) is 12.2. The first-order valence-corrected chi connectivity index (χ1v) is 9.78. The molecule has 0 fully saturated rings. The maximum absolute atomic E-state index is 5.76. The monoisotopic (exact) mass is 369 g/mol. The van der Waals surface area contributed by atoms with E-state index in [9.17, 15) is 0 Å². The molecule has 5 nitrogen and oxygen atoms in total. The van der Waals surface area contributed by atoms with Crippen molar-refractivity contribution in [2.75, 3.05) is 31.2 Å². The van der Waals surface area contributed by atoms with Crippen LogP contribution >= 0.6 is 0 Å². The number of ether oxygens (including phenoxy) is 2. The maximum Gasteiger partial charge on any atom is 0.154 e. The van der Waals surface area contributed by atoms with Crippen LogP contribution in [0.3, 0.4) is 0 Å². The van der Waals surface area contributed by atoms with Crippen molar-refractivity contribution in [1.29, 1.82) is 0 Å². The average molecular weight is 370 g/mol. The van der Waals surface area contributed by atoms with E-state index >= 15 is 0 Å². The molecule has 2 aromatic carbocycles. The molecule has 1 atom stereocenters. The van der Waals surface area contributed by atoms with Gasteiger partial charge < -0.3 is 14.4 Å². The highest BCUT2D eigenvalue weighted by molar-refractivity contribution is 5.52. The molecule has 0 saturated carbocycles. The van der Waals surface area contributed by atoms with Crippen LogP contribution in [0.4, 0.5) is 17.1 Å². The summed E-state index contributed by atoms with van der Waals surface area (Å²) in [6, 6.07) is 17.9. The quantitative estimate of drug-likeness (QED) is 0.258. The standard InChI is InChI=1S/C22H31N3O2/c1-4-6-17-26-19(3)27-18-16-25(5-2)22-14-12-21(13-15-22)24-23-20-10-8-7-9-11-20/h7-15,19H,4-6,16-18H2,1-3H3. The van der Waals surface area contributed by atoms with Crippen molar-refractivity contribution in [2.24, 2.45) is 10.2 Å². The summed E-state index contributed by atoms with van der Waals surface area (Å²) in [6.07, 6.45) is 2.05. The number of nitrogens with zero attached hydrogens (tertiary/aromatic N) is 3. The fourth-order valence-electron chi connectivity index (χ4n) is 2.58. The molecule has 0 aromatic heterocycles. The van der Waals surface area contributed by atoms with Crippen LogP contribution in [0.2, 0.25) is 0 Å². The van der Waals surface area contributed by atoms with Crippen LogP contribution in [-0.2, 0) is 9.47 Å². The molecule has 1 unspecified atom stereocenters. The Morgan fingerprint density at radius 3 is 2.11 bits per heavy atom. The van der Waals surface area contributed by atoms with Gasteiger partial charge >= 0.3 is 0 Å². The molecule has 0 N–H and O–H groups in total. The Morgan fingerprint density at radius 2 is 1.48 bits per heavy atom. The Morgan fingerprint density at radius 1 is 0.852 bits per heavy atom. The van der Waals surface area contributed by atoms with E-state index in [1.165, 1.54) is 0 Å². The van der Waals surface area contributed by atoms with E-state index in [2.05, 4.69) is 41.1 Å². The van der Waals surface area contributed by atoms with E-state index in [0.717, 1.165) is 49.6 Å². The van der Waals surface area contributed by atoms with E-state index in [1.54, 1.807) is 0 Å². The van der Waals surface area contributed by atoms with Crippen molar-refractivity contribution in [1.82, 2.24) is 0 Å². The topological polar surface area (TPSA) is 46.4 Å². The smallest absolute Gasteiger partial charge is 0.154 e. The van der Waals surface area contributed by atoms with E-state index in [0.29, 0.717) is 6.61 Å². The summed E-state index contributed by atoms with van der Waals surface area (Å²) < 4.78 is 11.4. The average Bonchev–Trinajstić information content (AvgIpc) is 2.71. The third-order valence-electron chi connectivity index (χ3n) is 4.20. The molecule has 0 amide bonds. The zero-order chi connectivity index (χ0) is 19.3. The Bertz CT molecular complexity index is 659. The van der Waals surface area contributed by atoms with Crippen LogP contribution in [-0.4, -0.2) is 32.6 Å². The normalized spacial score (nSPS) is 12.4. The van der Waals surface area contributed by atoms with Gasteiger partial charge in [-0.25, -0.2) is 0 Å². The molecule has 146 valence electrons. The highest BCUT2D eigenvalue weighted by Gasteiger charge is 2.07. The summed E-state index contributed by atoms with van der Waals surface area (Å²) in [4.78, 5) is 2.27. The maximum atomic E-state index is 5.76. The molecule has 2 aromatic rings. The van der Waals surface area contributed by atoms with Gasteiger partial charge in [0.25, 0.3) is 0 Å². The number of anilines is 1. The molecule has 0 radical (unpaired) electrons. The number of hydrogen-bond acceptors (Lipinski definition) is 5. The predicted molar refractivity (Wildman–Crippen MR) is 111 cm³/mol. The molecule has 2 rings (SSSR count). The number of rotatable bonds is 12. The molecule has 5 heteroatoms. The van der Waals surface area contributed by atoms with Crippen LogP contribution in [0.25, 0.3) is 0 Å². The van der Waals surface area contributed by atoms with Crippen molar-refractivity contribution in [2.45, 2.75) is 39.9 Å². The molecule has 0 aliphatic rings. The van der Waals surface area contributed by atoms with Gasteiger partial charge in [-0.05, 0) is 56.7 Å². The Hall–Kier alpha value is -2.24. The summed E-state index contributed by atoms with van der Waals surface area (Å²) in [7, 11) is 0. The van der Waals surface area contributed by atoms with Gasteiger partial charge in [0, 0.05) is 25.4 Å². The van der Waals surface area contributed by atoms with Gasteiger partial charge in [0.2, 0.25) is 0 Å². The first-order valence-electron chi connectivity index (χ1n) is 9.78. The van der Waals surface area contributed by atoms with Gasteiger partial charge in [-0.15, -0.1) is 0 Å². The van der Waals surface area contributed by atoms with Crippen LogP contribution in [0.5, 0.6) is 0 Å². The minimum absolute atomic E-state index is 0.156. The molecule has 0 spiro atoms. The molecule has 0 aliphatic heterocycles. The third kappa shape index (κ3) is 7.89. The Kier molecular flexibility index (Phi) is 9.52. The van der Waals surface area contributed by atoms with Crippen LogP contribution in [0.1, 0.15) is 33.6 Å². The van der Waals surface area contributed by atoms with E-state index in [4.69, 9.17) is 9.47 Å². The van der Waals surface area contributed by atoms with E-state index in [-0.39, 0.29) is 6.29 Å². The van der Waals surface area contributed by atoms with Crippen molar-refractivity contribution in [3.05, 3.63) is 54.6 Å². The zero-order valence-corrected chi connectivity index (χ0v) is 16.7. The van der Waals surface area contributed by atoms with Gasteiger partial charge in [-0.2, -0.15) is 10.2 Å². The van der Waals surface area contributed by atoms with E-state index < -0.39 is 0 Å². The summed E-state index contributed by atoms with van der Waals surface area (Å²) in [5.41, 5.74) is 2.84. The fourth-order valence-corrected chi connectivity index (χ4v) is 2.58. The minimum atomic E-state index is -0.156. The van der Waals surface area contributed by atoms with Gasteiger partial charge in [-0.3, -0.25) is 0 Å². The van der Waals surface area contributed by atoms with Gasteiger partial charge in [0.15, 0.2) is 6.29 Å². The fraction of sp³-hybridized carbons (Fsp3) is 0.455. The molecule has 0 heterocycles. The molecule has 0 aliphatic carbocycles. The lowest BCUT2D eigenvalue weighted by Crippen LogP contribution is -2.28. The van der Waals surface area contributed by atoms with E-state index in [1.807, 2.05) is 49.4 Å². The first kappa shape index (κ1) is 21.1. The van der Waals surface area contributed by atoms with Gasteiger partial charge in [0.1, 0.15) is 0 Å². The SMILES string of the molecule is CCCCOC(C)OCCN(CC)c1ccc(N=Nc2ccccc2)cc1. The van der Waals surface area contributed by atoms with Crippen molar-refractivity contribution < 1.29 is 9.47 Å². The van der Waals surface area contributed by atoms with Crippen molar-refractivity contribution >= 4 is 17.1 Å². The number of likely N-dealkylation sites (N-methyl/N-ethyl adjacent to an activating group) is 1. The highest BCUT2D eigenvalue weighted by atomic mass is 16.7.